The fraction of sp³-hybridized carbons (Fsp3) is 0.194. The lowest BCUT2D eigenvalue weighted by atomic mass is 10.0. The van der Waals surface area contributed by atoms with Gasteiger partial charge in [-0.1, -0.05) is 60.7 Å². The summed E-state index contributed by atoms with van der Waals surface area (Å²) in [6.45, 7) is 7.87. The van der Waals surface area contributed by atoms with Crippen LogP contribution in [0.1, 0.15) is 17.5 Å². The Morgan fingerprint density at radius 1 is 0.868 bits per heavy atom. The molecule has 5 rings (SSSR count). The second kappa shape index (κ2) is 10.2. The number of hydrogen-bond acceptors (Lipinski definition) is 4. The standard InChI is InChI=1S/C31H29F3N4/c1-21-8-4-9-23(18-21)24-10-6-13-27(20-24)35-22(2)38-17-7-16-37(3)29-15-14-28(36-30(29)38)25-11-5-12-26(19-25)31(32,33)34/h4-6,8-15,18-20,35H,2,7,16-17H2,1,3H3. The molecule has 1 aliphatic heterocycles. The number of aromatic nitrogens is 1. The Hall–Kier alpha value is -4.26. The smallest absolute Gasteiger partial charge is 0.372 e. The molecule has 194 valence electrons. The van der Waals surface area contributed by atoms with Gasteiger partial charge in [-0.3, -0.25) is 0 Å². The van der Waals surface area contributed by atoms with Gasteiger partial charge in [-0.05, 0) is 60.9 Å². The summed E-state index contributed by atoms with van der Waals surface area (Å²) in [6, 6.07) is 25.5. The highest BCUT2D eigenvalue weighted by Gasteiger charge is 2.31. The van der Waals surface area contributed by atoms with Crippen molar-refractivity contribution in [3.8, 4) is 22.4 Å². The Balaban J connectivity index is 1.47. The fourth-order valence-corrected chi connectivity index (χ4v) is 4.74. The zero-order chi connectivity index (χ0) is 26.9. The number of nitrogens with one attached hydrogen (secondary N) is 1. The van der Waals surface area contributed by atoms with E-state index in [1.165, 1.54) is 11.6 Å². The SMILES string of the molecule is C=C(Nc1cccc(-c2cccc(C)c2)c1)N1CCCN(C)c2ccc(-c3cccc(C(F)(F)F)c3)nc21. The molecule has 0 aliphatic carbocycles. The van der Waals surface area contributed by atoms with Gasteiger partial charge in [0.1, 0.15) is 5.82 Å². The van der Waals surface area contributed by atoms with Crippen LogP contribution in [0.4, 0.5) is 30.4 Å². The minimum absolute atomic E-state index is 0.416. The van der Waals surface area contributed by atoms with Crippen molar-refractivity contribution in [2.24, 2.45) is 0 Å². The summed E-state index contributed by atoms with van der Waals surface area (Å²) in [4.78, 5) is 8.98. The summed E-state index contributed by atoms with van der Waals surface area (Å²) in [5.41, 5.74) is 5.40. The summed E-state index contributed by atoms with van der Waals surface area (Å²) in [5.74, 6) is 1.31. The van der Waals surface area contributed by atoms with Crippen LogP contribution in [-0.2, 0) is 6.18 Å². The van der Waals surface area contributed by atoms with Gasteiger partial charge in [-0.25, -0.2) is 4.98 Å². The fourth-order valence-electron chi connectivity index (χ4n) is 4.74. The van der Waals surface area contributed by atoms with Crippen LogP contribution >= 0.6 is 0 Å². The van der Waals surface area contributed by atoms with E-state index in [9.17, 15) is 13.2 Å². The van der Waals surface area contributed by atoms with E-state index in [0.29, 0.717) is 29.4 Å². The van der Waals surface area contributed by atoms with Crippen molar-refractivity contribution in [2.45, 2.75) is 19.5 Å². The molecule has 1 N–H and O–H groups in total. The summed E-state index contributed by atoms with van der Waals surface area (Å²) in [5, 5.41) is 3.43. The van der Waals surface area contributed by atoms with E-state index in [1.54, 1.807) is 12.1 Å². The van der Waals surface area contributed by atoms with E-state index in [4.69, 9.17) is 4.98 Å². The van der Waals surface area contributed by atoms with Gasteiger partial charge in [-0.2, -0.15) is 13.2 Å². The maximum Gasteiger partial charge on any atom is 0.416 e. The van der Waals surface area contributed by atoms with E-state index in [2.05, 4.69) is 54.1 Å². The van der Waals surface area contributed by atoms with Crippen molar-refractivity contribution in [1.29, 1.82) is 0 Å². The minimum atomic E-state index is -4.42. The molecule has 4 nitrogen and oxygen atoms in total. The van der Waals surface area contributed by atoms with Crippen LogP contribution in [-0.4, -0.2) is 25.1 Å². The molecule has 0 saturated carbocycles. The Labute approximate surface area is 221 Å². The van der Waals surface area contributed by atoms with Crippen LogP contribution in [0.3, 0.4) is 0 Å². The summed E-state index contributed by atoms with van der Waals surface area (Å²) < 4.78 is 40.0. The molecular weight excluding hydrogens is 485 g/mol. The number of halogens is 3. The third kappa shape index (κ3) is 5.37. The van der Waals surface area contributed by atoms with Gasteiger partial charge in [0.05, 0.1) is 16.9 Å². The van der Waals surface area contributed by atoms with Crippen molar-refractivity contribution < 1.29 is 13.2 Å². The third-order valence-electron chi connectivity index (χ3n) is 6.71. The predicted octanol–water partition coefficient (Wildman–Crippen LogP) is 7.97. The van der Waals surface area contributed by atoms with Gasteiger partial charge in [0, 0.05) is 31.4 Å². The molecule has 0 unspecified atom stereocenters. The lowest BCUT2D eigenvalue weighted by Gasteiger charge is -2.27. The number of aryl methyl sites for hydroxylation is 1. The average Bonchev–Trinajstić information content (AvgIpc) is 3.07. The van der Waals surface area contributed by atoms with Crippen molar-refractivity contribution in [1.82, 2.24) is 4.98 Å². The van der Waals surface area contributed by atoms with Crippen LogP contribution in [0.15, 0.2) is 97.3 Å². The molecule has 7 heteroatoms. The van der Waals surface area contributed by atoms with Gasteiger partial charge >= 0.3 is 6.18 Å². The first kappa shape index (κ1) is 25.4. The average molecular weight is 515 g/mol. The minimum Gasteiger partial charge on any atom is -0.372 e. The highest BCUT2D eigenvalue weighted by Crippen LogP contribution is 2.36. The second-order valence-corrected chi connectivity index (χ2v) is 9.57. The number of hydrogen-bond donors (Lipinski definition) is 1. The normalized spacial score (nSPS) is 13.6. The number of nitrogens with zero attached hydrogens (tertiary/aromatic N) is 3. The van der Waals surface area contributed by atoms with Crippen molar-refractivity contribution >= 4 is 17.2 Å². The molecule has 4 aromatic rings. The van der Waals surface area contributed by atoms with Gasteiger partial charge in [0.25, 0.3) is 0 Å². The Kier molecular flexibility index (Phi) is 6.85. The zero-order valence-corrected chi connectivity index (χ0v) is 21.4. The monoisotopic (exact) mass is 514 g/mol. The summed E-state index contributed by atoms with van der Waals surface area (Å²) in [6.07, 6.45) is -3.55. The van der Waals surface area contributed by atoms with E-state index in [0.717, 1.165) is 47.6 Å². The molecule has 0 spiro atoms. The van der Waals surface area contributed by atoms with Crippen LogP contribution in [0.5, 0.6) is 0 Å². The number of fused-ring (bicyclic) bond motifs is 1. The van der Waals surface area contributed by atoms with Crippen molar-refractivity contribution in [2.75, 3.05) is 35.3 Å². The summed E-state index contributed by atoms with van der Waals surface area (Å²) in [7, 11) is 2.00. The van der Waals surface area contributed by atoms with Crippen LogP contribution < -0.4 is 15.1 Å². The highest BCUT2D eigenvalue weighted by molar-refractivity contribution is 5.76. The van der Waals surface area contributed by atoms with E-state index >= 15 is 0 Å². The molecule has 0 amide bonds. The summed E-state index contributed by atoms with van der Waals surface area (Å²) >= 11 is 0. The molecule has 0 radical (unpaired) electrons. The molecule has 3 aromatic carbocycles. The van der Waals surface area contributed by atoms with Crippen molar-refractivity contribution in [3.63, 3.8) is 0 Å². The predicted molar refractivity (Wildman–Crippen MR) is 149 cm³/mol. The maximum atomic E-state index is 13.3. The Bertz CT molecular complexity index is 1480. The zero-order valence-electron chi connectivity index (χ0n) is 21.4. The lowest BCUT2D eigenvalue weighted by Crippen LogP contribution is -2.28. The quantitative estimate of drug-likeness (QED) is 0.293. The molecule has 1 aliphatic rings. The molecule has 0 fully saturated rings. The Morgan fingerprint density at radius 2 is 1.58 bits per heavy atom. The van der Waals surface area contributed by atoms with E-state index < -0.39 is 11.7 Å². The van der Waals surface area contributed by atoms with E-state index in [-0.39, 0.29) is 0 Å². The maximum absolute atomic E-state index is 13.3. The molecule has 1 aromatic heterocycles. The number of pyridine rings is 1. The first-order valence-electron chi connectivity index (χ1n) is 12.5. The van der Waals surface area contributed by atoms with Gasteiger partial charge in [-0.15, -0.1) is 0 Å². The molecular formula is C31H29F3N4. The first-order valence-corrected chi connectivity index (χ1v) is 12.5. The van der Waals surface area contributed by atoms with Crippen LogP contribution in [0, 0.1) is 6.92 Å². The van der Waals surface area contributed by atoms with Gasteiger partial charge < -0.3 is 15.1 Å². The molecule has 0 bridgehead atoms. The lowest BCUT2D eigenvalue weighted by molar-refractivity contribution is -0.137. The molecule has 2 heterocycles. The number of rotatable bonds is 5. The van der Waals surface area contributed by atoms with Crippen LogP contribution in [0.2, 0.25) is 0 Å². The van der Waals surface area contributed by atoms with E-state index in [1.807, 2.05) is 36.2 Å². The highest BCUT2D eigenvalue weighted by atomic mass is 19.4. The Morgan fingerprint density at radius 3 is 2.34 bits per heavy atom. The second-order valence-electron chi connectivity index (χ2n) is 9.57. The largest absolute Gasteiger partial charge is 0.416 e. The van der Waals surface area contributed by atoms with Gasteiger partial charge in [0.15, 0.2) is 5.82 Å². The molecule has 0 saturated heterocycles. The molecule has 38 heavy (non-hydrogen) atoms. The number of alkyl halides is 3. The third-order valence-corrected chi connectivity index (χ3v) is 6.71. The topological polar surface area (TPSA) is 31.4 Å². The van der Waals surface area contributed by atoms with Crippen LogP contribution in [0.25, 0.3) is 22.4 Å². The van der Waals surface area contributed by atoms with Gasteiger partial charge in [0.2, 0.25) is 0 Å². The number of anilines is 3. The first-order chi connectivity index (χ1) is 18.2. The van der Waals surface area contributed by atoms with Crippen molar-refractivity contribution in [3.05, 3.63) is 108 Å². The molecule has 0 atom stereocenters. The number of benzene rings is 3.